The van der Waals surface area contributed by atoms with Crippen LogP contribution < -0.4 is 9.47 Å². The number of phenols is 1. The highest BCUT2D eigenvalue weighted by Crippen LogP contribution is 2.54. The molecule has 0 spiro atoms. The molecular weight excluding hydrogens is 240 g/mol. The molecule has 3 heteroatoms. The van der Waals surface area contributed by atoms with Crippen LogP contribution in [0.2, 0.25) is 0 Å². The lowest BCUT2D eigenvalue weighted by molar-refractivity contribution is 0.222. The zero-order valence-electron chi connectivity index (χ0n) is 10.6. The van der Waals surface area contributed by atoms with Crippen LogP contribution in [0.5, 0.6) is 17.2 Å². The molecule has 3 nitrogen and oxygen atoms in total. The molecule has 0 amide bonds. The van der Waals surface area contributed by atoms with E-state index in [1.165, 1.54) is 11.1 Å². The molecule has 0 aromatic heterocycles. The molecule has 0 saturated carbocycles. The summed E-state index contributed by atoms with van der Waals surface area (Å²) in [6, 6.07) is 12.0. The standard InChI is InChI=1S/C16H14O3/c1-18-15-8-14-11(7-13(15)17)12-6-9-4-2-3-5-10(9)16(12)19-14/h2-5,7-8,12,16-17H,6H2,1H3/t12-,16-/m1/s1. The molecule has 1 N–H and O–H groups in total. The number of rotatable bonds is 1. The molecule has 0 fully saturated rings. The number of methoxy groups -OCH3 is 1. The quantitative estimate of drug-likeness (QED) is 0.849. The average molecular weight is 254 g/mol. The van der Waals surface area contributed by atoms with Crippen LogP contribution in [0.15, 0.2) is 36.4 Å². The second-order valence-corrected chi connectivity index (χ2v) is 5.11. The van der Waals surface area contributed by atoms with E-state index >= 15 is 0 Å². The summed E-state index contributed by atoms with van der Waals surface area (Å²) in [5.41, 5.74) is 3.69. The van der Waals surface area contributed by atoms with Gasteiger partial charge in [0.25, 0.3) is 0 Å². The third-order valence-corrected chi connectivity index (χ3v) is 4.13. The van der Waals surface area contributed by atoms with Crippen LogP contribution in [-0.4, -0.2) is 12.2 Å². The fraction of sp³-hybridized carbons (Fsp3) is 0.250. The van der Waals surface area contributed by atoms with Gasteiger partial charge in [-0.05, 0) is 23.6 Å². The molecule has 0 radical (unpaired) electrons. The Labute approximate surface area is 111 Å². The molecule has 1 aliphatic carbocycles. The second kappa shape index (κ2) is 3.67. The molecule has 0 saturated heterocycles. The van der Waals surface area contributed by atoms with Gasteiger partial charge in [-0.2, -0.15) is 0 Å². The van der Waals surface area contributed by atoms with Crippen LogP contribution in [0, 0.1) is 0 Å². The van der Waals surface area contributed by atoms with E-state index in [-0.39, 0.29) is 11.9 Å². The number of ether oxygens (including phenoxy) is 2. The molecule has 2 atom stereocenters. The van der Waals surface area contributed by atoms with Crippen LogP contribution >= 0.6 is 0 Å². The van der Waals surface area contributed by atoms with Gasteiger partial charge in [0.1, 0.15) is 11.9 Å². The lowest BCUT2D eigenvalue weighted by Gasteiger charge is -2.10. The summed E-state index contributed by atoms with van der Waals surface area (Å²) in [7, 11) is 1.55. The second-order valence-electron chi connectivity index (χ2n) is 5.11. The van der Waals surface area contributed by atoms with Crippen molar-refractivity contribution in [2.45, 2.75) is 18.4 Å². The van der Waals surface area contributed by atoms with E-state index in [9.17, 15) is 5.11 Å². The molecule has 19 heavy (non-hydrogen) atoms. The molecule has 96 valence electrons. The van der Waals surface area contributed by atoms with Crippen molar-refractivity contribution < 1.29 is 14.6 Å². The Morgan fingerprint density at radius 1 is 1.21 bits per heavy atom. The van der Waals surface area contributed by atoms with Crippen molar-refractivity contribution in [3.05, 3.63) is 53.1 Å². The van der Waals surface area contributed by atoms with E-state index in [2.05, 4.69) is 18.2 Å². The fourth-order valence-corrected chi connectivity index (χ4v) is 3.24. The largest absolute Gasteiger partial charge is 0.504 e. The minimum atomic E-state index is 0.0812. The van der Waals surface area contributed by atoms with Gasteiger partial charge >= 0.3 is 0 Å². The first-order chi connectivity index (χ1) is 9.28. The van der Waals surface area contributed by atoms with Gasteiger partial charge in [-0.3, -0.25) is 0 Å². The van der Waals surface area contributed by atoms with Gasteiger partial charge in [0.15, 0.2) is 11.5 Å². The zero-order chi connectivity index (χ0) is 13.0. The molecule has 1 aliphatic heterocycles. The highest BCUT2D eigenvalue weighted by molar-refractivity contribution is 5.56. The van der Waals surface area contributed by atoms with Crippen molar-refractivity contribution >= 4 is 0 Å². The third-order valence-electron chi connectivity index (χ3n) is 4.13. The van der Waals surface area contributed by atoms with Crippen LogP contribution in [0.1, 0.15) is 28.7 Å². The molecule has 4 rings (SSSR count). The summed E-state index contributed by atoms with van der Waals surface area (Å²) in [4.78, 5) is 0. The highest BCUT2D eigenvalue weighted by Gasteiger charge is 2.42. The van der Waals surface area contributed by atoms with E-state index in [0.717, 1.165) is 17.7 Å². The van der Waals surface area contributed by atoms with Gasteiger partial charge in [-0.15, -0.1) is 0 Å². The number of fused-ring (bicyclic) bond motifs is 5. The summed E-state index contributed by atoms with van der Waals surface area (Å²) < 4.78 is 11.2. The van der Waals surface area contributed by atoms with Crippen molar-refractivity contribution in [3.63, 3.8) is 0 Å². The van der Waals surface area contributed by atoms with Gasteiger partial charge in [0.05, 0.1) is 7.11 Å². The topological polar surface area (TPSA) is 38.7 Å². The van der Waals surface area contributed by atoms with E-state index in [4.69, 9.17) is 9.47 Å². The van der Waals surface area contributed by atoms with Crippen LogP contribution in [0.3, 0.4) is 0 Å². The lowest BCUT2D eigenvalue weighted by Crippen LogP contribution is -2.02. The minimum absolute atomic E-state index is 0.0812. The van der Waals surface area contributed by atoms with Gasteiger partial charge in [-0.25, -0.2) is 0 Å². The molecule has 0 unspecified atom stereocenters. The Morgan fingerprint density at radius 3 is 2.89 bits per heavy atom. The van der Waals surface area contributed by atoms with Gasteiger partial charge in [0.2, 0.25) is 0 Å². The van der Waals surface area contributed by atoms with E-state index in [0.29, 0.717) is 11.7 Å². The number of benzene rings is 2. The van der Waals surface area contributed by atoms with Crippen LogP contribution in [-0.2, 0) is 6.42 Å². The van der Waals surface area contributed by atoms with Crippen LogP contribution in [0.4, 0.5) is 0 Å². The molecule has 2 aromatic carbocycles. The molecule has 1 heterocycles. The smallest absolute Gasteiger partial charge is 0.164 e. The highest BCUT2D eigenvalue weighted by atomic mass is 16.5. The first-order valence-electron chi connectivity index (χ1n) is 6.43. The van der Waals surface area contributed by atoms with Gasteiger partial charge < -0.3 is 14.6 Å². The summed E-state index contributed by atoms with van der Waals surface area (Å²) >= 11 is 0. The van der Waals surface area contributed by atoms with Crippen molar-refractivity contribution in [1.29, 1.82) is 0 Å². The maximum atomic E-state index is 9.93. The zero-order valence-corrected chi connectivity index (χ0v) is 10.6. The predicted octanol–water partition coefficient (Wildman–Crippen LogP) is 3.17. The molecule has 2 aromatic rings. The summed E-state index contributed by atoms with van der Waals surface area (Å²) in [5.74, 6) is 1.79. The Balaban J connectivity index is 1.81. The third kappa shape index (κ3) is 1.38. The first-order valence-corrected chi connectivity index (χ1v) is 6.43. The Bertz CT molecular complexity index is 663. The Kier molecular flexibility index (Phi) is 2.07. The Hall–Kier alpha value is -2.16. The van der Waals surface area contributed by atoms with Crippen molar-refractivity contribution in [2.75, 3.05) is 7.11 Å². The summed E-state index contributed by atoms with van der Waals surface area (Å²) in [5, 5.41) is 9.93. The van der Waals surface area contributed by atoms with Crippen LogP contribution in [0.25, 0.3) is 0 Å². The molecular formula is C16H14O3. The maximum Gasteiger partial charge on any atom is 0.164 e. The number of hydrogen-bond donors (Lipinski definition) is 1. The average Bonchev–Trinajstić information content (AvgIpc) is 2.94. The van der Waals surface area contributed by atoms with E-state index in [1.807, 2.05) is 6.07 Å². The Morgan fingerprint density at radius 2 is 2.05 bits per heavy atom. The van der Waals surface area contributed by atoms with Crippen molar-refractivity contribution in [1.82, 2.24) is 0 Å². The van der Waals surface area contributed by atoms with Crippen molar-refractivity contribution in [2.24, 2.45) is 0 Å². The minimum Gasteiger partial charge on any atom is -0.504 e. The molecule has 2 aliphatic rings. The normalized spacial score (nSPS) is 22.4. The summed E-state index contributed by atoms with van der Waals surface area (Å²) in [6.07, 6.45) is 1.05. The lowest BCUT2D eigenvalue weighted by atomic mass is 9.96. The maximum absolute atomic E-state index is 9.93. The monoisotopic (exact) mass is 254 g/mol. The van der Waals surface area contributed by atoms with Gasteiger partial charge in [-0.1, -0.05) is 24.3 Å². The number of hydrogen-bond acceptors (Lipinski definition) is 3. The summed E-state index contributed by atoms with van der Waals surface area (Å²) in [6.45, 7) is 0. The molecule has 0 bridgehead atoms. The predicted molar refractivity (Wildman–Crippen MR) is 70.9 cm³/mol. The van der Waals surface area contributed by atoms with Gasteiger partial charge in [0, 0.05) is 17.5 Å². The van der Waals surface area contributed by atoms with Crippen molar-refractivity contribution in [3.8, 4) is 17.2 Å². The van der Waals surface area contributed by atoms with E-state index in [1.54, 1.807) is 19.2 Å². The number of phenolic OH excluding ortho intramolecular Hbond substituents is 1. The van der Waals surface area contributed by atoms with E-state index < -0.39 is 0 Å². The number of aromatic hydroxyl groups is 1. The first kappa shape index (κ1) is 10.7. The SMILES string of the molecule is COc1cc2c(cc1O)[C@H]1Cc3ccccc3[C@H]1O2. The fourth-order valence-electron chi connectivity index (χ4n) is 3.24.